The van der Waals surface area contributed by atoms with Crippen molar-refractivity contribution in [3.8, 4) is 22.1 Å². The van der Waals surface area contributed by atoms with Crippen LogP contribution in [0.25, 0.3) is 26.6 Å². The van der Waals surface area contributed by atoms with Crippen molar-refractivity contribution in [1.29, 1.82) is 0 Å². The monoisotopic (exact) mass is 441 g/mol. The zero-order valence-corrected chi connectivity index (χ0v) is 18.3. The summed E-state index contributed by atoms with van der Waals surface area (Å²) in [4.78, 5) is 27.1. The van der Waals surface area contributed by atoms with Crippen LogP contribution in [0.15, 0.2) is 82.7 Å². The second-order valence-corrected chi connectivity index (χ2v) is 8.09. The van der Waals surface area contributed by atoms with Gasteiger partial charge in [-0.3, -0.25) is 9.89 Å². The van der Waals surface area contributed by atoms with Gasteiger partial charge in [0.25, 0.3) is 5.56 Å². The molecule has 0 aliphatic heterocycles. The van der Waals surface area contributed by atoms with Crippen molar-refractivity contribution >= 4 is 33.1 Å². The van der Waals surface area contributed by atoms with Gasteiger partial charge in [-0.15, -0.1) is 0 Å². The van der Waals surface area contributed by atoms with Crippen LogP contribution in [0.2, 0.25) is 0 Å². The first-order valence-electron chi connectivity index (χ1n) is 9.96. The molecule has 0 aliphatic rings. The lowest BCUT2D eigenvalue weighted by Crippen LogP contribution is -2.19. The number of aliphatic imine (C=N–C) groups is 1. The Hall–Kier alpha value is -4.04. The van der Waals surface area contributed by atoms with Gasteiger partial charge in [-0.2, -0.15) is 4.68 Å². The second kappa shape index (κ2) is 8.24. The number of hydrogen-bond donors (Lipinski definition) is 1. The molecule has 2 aromatic carbocycles. The Morgan fingerprint density at radius 1 is 1.06 bits per heavy atom. The van der Waals surface area contributed by atoms with Gasteiger partial charge in [0.15, 0.2) is 5.82 Å². The predicted octanol–water partition coefficient (Wildman–Crippen LogP) is 4.99. The van der Waals surface area contributed by atoms with Crippen molar-refractivity contribution < 1.29 is 4.74 Å². The van der Waals surface area contributed by atoms with E-state index in [1.54, 1.807) is 19.4 Å². The van der Waals surface area contributed by atoms with Gasteiger partial charge in [0, 0.05) is 11.8 Å². The molecular formula is C24H19N5O2S. The number of fused-ring (bicyclic) bond motifs is 1. The molecule has 3 aromatic heterocycles. The van der Waals surface area contributed by atoms with Crippen LogP contribution in [0.1, 0.15) is 12.5 Å². The number of aromatic amines is 1. The van der Waals surface area contributed by atoms with Gasteiger partial charge in [-0.1, -0.05) is 29.5 Å². The van der Waals surface area contributed by atoms with E-state index in [-0.39, 0.29) is 5.56 Å². The summed E-state index contributed by atoms with van der Waals surface area (Å²) in [5.74, 6) is 1.28. The van der Waals surface area contributed by atoms with Crippen LogP contribution in [0.3, 0.4) is 0 Å². The Bertz CT molecular complexity index is 1450. The molecular weight excluding hydrogens is 422 g/mol. The fraction of sp³-hybridized carbons (Fsp3) is 0.0833. The lowest BCUT2D eigenvalue weighted by molar-refractivity contribution is 0.415. The number of H-pyrrole nitrogens is 1. The molecule has 0 aliphatic carbocycles. The first kappa shape index (κ1) is 19.9. The molecule has 0 bridgehead atoms. The van der Waals surface area contributed by atoms with Crippen molar-refractivity contribution in [2.24, 2.45) is 4.99 Å². The number of thiazole rings is 1. The van der Waals surface area contributed by atoms with Crippen molar-refractivity contribution in [1.82, 2.24) is 19.7 Å². The van der Waals surface area contributed by atoms with E-state index in [4.69, 9.17) is 4.74 Å². The minimum Gasteiger partial charge on any atom is -0.497 e. The molecule has 0 fully saturated rings. The van der Waals surface area contributed by atoms with Crippen LogP contribution >= 0.6 is 11.3 Å². The molecule has 158 valence electrons. The molecule has 5 aromatic rings. The SMILES string of the molecule is COc1ccc(-c2[nH]n(-c3nc4ccccc4s3)c(=O)c2C(C)=Nc2ccccn2)cc1. The third kappa shape index (κ3) is 3.61. The Kier molecular flexibility index (Phi) is 5.12. The lowest BCUT2D eigenvalue weighted by Gasteiger charge is -2.04. The number of aromatic nitrogens is 4. The van der Waals surface area contributed by atoms with Crippen LogP contribution in [-0.4, -0.2) is 32.6 Å². The molecule has 0 saturated carbocycles. The highest BCUT2D eigenvalue weighted by molar-refractivity contribution is 7.20. The average Bonchev–Trinajstić information content (AvgIpc) is 3.40. The van der Waals surface area contributed by atoms with Gasteiger partial charge in [0.1, 0.15) is 5.75 Å². The largest absolute Gasteiger partial charge is 0.497 e. The molecule has 0 amide bonds. The van der Waals surface area contributed by atoms with Gasteiger partial charge < -0.3 is 4.74 Å². The van der Waals surface area contributed by atoms with E-state index in [2.05, 4.69) is 20.1 Å². The summed E-state index contributed by atoms with van der Waals surface area (Å²) in [5.41, 5.74) is 3.17. The second-order valence-electron chi connectivity index (χ2n) is 7.08. The smallest absolute Gasteiger partial charge is 0.283 e. The molecule has 8 heteroatoms. The van der Waals surface area contributed by atoms with Crippen molar-refractivity contribution in [3.05, 3.63) is 88.8 Å². The van der Waals surface area contributed by atoms with Crippen LogP contribution in [0.5, 0.6) is 5.75 Å². The number of methoxy groups -OCH3 is 1. The zero-order valence-electron chi connectivity index (χ0n) is 17.4. The lowest BCUT2D eigenvalue weighted by atomic mass is 10.1. The van der Waals surface area contributed by atoms with Gasteiger partial charge in [0.05, 0.1) is 34.3 Å². The summed E-state index contributed by atoms with van der Waals surface area (Å²) in [6, 6.07) is 20.8. The van der Waals surface area contributed by atoms with E-state index in [0.29, 0.717) is 27.9 Å². The molecule has 0 spiro atoms. The number of nitrogens with one attached hydrogen (secondary N) is 1. The number of para-hydroxylation sites is 1. The molecule has 0 atom stereocenters. The average molecular weight is 442 g/mol. The van der Waals surface area contributed by atoms with E-state index in [1.807, 2.05) is 67.6 Å². The zero-order chi connectivity index (χ0) is 22.1. The van der Waals surface area contributed by atoms with E-state index in [1.165, 1.54) is 16.0 Å². The van der Waals surface area contributed by atoms with Gasteiger partial charge in [-0.25, -0.2) is 15.0 Å². The molecule has 3 heterocycles. The fourth-order valence-electron chi connectivity index (χ4n) is 3.48. The Labute approximate surface area is 187 Å². The minimum absolute atomic E-state index is 0.216. The minimum atomic E-state index is -0.216. The van der Waals surface area contributed by atoms with Gasteiger partial charge in [-0.05, 0) is 55.5 Å². The van der Waals surface area contributed by atoms with Crippen molar-refractivity contribution in [3.63, 3.8) is 0 Å². The van der Waals surface area contributed by atoms with E-state index < -0.39 is 0 Å². The molecule has 1 N–H and O–H groups in total. The summed E-state index contributed by atoms with van der Waals surface area (Å²) >= 11 is 1.45. The highest BCUT2D eigenvalue weighted by Gasteiger charge is 2.21. The van der Waals surface area contributed by atoms with Crippen molar-refractivity contribution in [2.75, 3.05) is 7.11 Å². The maximum atomic E-state index is 13.6. The van der Waals surface area contributed by atoms with Gasteiger partial charge in [0.2, 0.25) is 5.13 Å². The molecule has 7 nitrogen and oxygen atoms in total. The van der Waals surface area contributed by atoms with Crippen LogP contribution in [-0.2, 0) is 0 Å². The standard InChI is InChI=1S/C24H19N5O2S/c1-15(26-20-9-5-6-14-25-20)21-22(16-10-12-17(31-2)13-11-16)28-29(23(21)30)24-27-18-7-3-4-8-19(18)32-24/h3-14,28H,1-2H3. The highest BCUT2D eigenvalue weighted by atomic mass is 32.1. The summed E-state index contributed by atoms with van der Waals surface area (Å²) in [5, 5.41) is 3.83. The normalized spacial score (nSPS) is 11.8. The molecule has 32 heavy (non-hydrogen) atoms. The quantitative estimate of drug-likeness (QED) is 0.390. The number of benzene rings is 2. The summed E-state index contributed by atoms with van der Waals surface area (Å²) < 4.78 is 7.77. The number of nitrogens with zero attached hydrogens (tertiary/aromatic N) is 4. The predicted molar refractivity (Wildman–Crippen MR) is 128 cm³/mol. The Morgan fingerprint density at radius 3 is 2.56 bits per heavy atom. The first-order chi connectivity index (χ1) is 15.6. The van der Waals surface area contributed by atoms with E-state index in [0.717, 1.165) is 21.5 Å². The maximum absolute atomic E-state index is 13.6. The number of rotatable bonds is 5. The third-order valence-corrected chi connectivity index (χ3v) is 6.06. The Morgan fingerprint density at radius 2 is 1.84 bits per heavy atom. The highest BCUT2D eigenvalue weighted by Crippen LogP contribution is 2.27. The Balaban J connectivity index is 1.71. The summed E-state index contributed by atoms with van der Waals surface area (Å²) in [6.45, 7) is 1.81. The van der Waals surface area contributed by atoms with Crippen LogP contribution < -0.4 is 10.3 Å². The summed E-state index contributed by atoms with van der Waals surface area (Å²) in [6.07, 6.45) is 1.67. The van der Waals surface area contributed by atoms with Crippen molar-refractivity contribution in [2.45, 2.75) is 6.92 Å². The number of ether oxygens (including phenoxy) is 1. The third-order valence-electron chi connectivity index (χ3n) is 5.04. The molecule has 0 saturated heterocycles. The molecule has 0 unspecified atom stereocenters. The van der Waals surface area contributed by atoms with Crippen LogP contribution in [0, 0.1) is 0 Å². The topological polar surface area (TPSA) is 85.2 Å². The summed E-state index contributed by atoms with van der Waals surface area (Å²) in [7, 11) is 1.62. The number of pyridine rings is 1. The number of hydrogen-bond acceptors (Lipinski definition) is 6. The van der Waals surface area contributed by atoms with Crippen LogP contribution in [0.4, 0.5) is 5.82 Å². The fourth-order valence-corrected chi connectivity index (χ4v) is 4.40. The van der Waals surface area contributed by atoms with Gasteiger partial charge >= 0.3 is 0 Å². The molecule has 0 radical (unpaired) electrons. The van der Waals surface area contributed by atoms with E-state index >= 15 is 0 Å². The van der Waals surface area contributed by atoms with E-state index in [9.17, 15) is 4.79 Å². The maximum Gasteiger partial charge on any atom is 0.283 e. The first-order valence-corrected chi connectivity index (χ1v) is 10.8. The molecule has 5 rings (SSSR count).